The van der Waals surface area contributed by atoms with E-state index in [-0.39, 0.29) is 0 Å². The van der Waals surface area contributed by atoms with Crippen LogP contribution >= 0.6 is 11.6 Å². The SMILES string of the molecule is COc1cc(C)c(C2CC(CN)CN2C)cc1Cl. The fraction of sp³-hybridized carbons (Fsp3) is 0.571. The highest BCUT2D eigenvalue weighted by Crippen LogP contribution is 2.38. The molecule has 0 aromatic heterocycles. The summed E-state index contributed by atoms with van der Waals surface area (Å²) in [5, 5.41) is 0.683. The smallest absolute Gasteiger partial charge is 0.137 e. The molecule has 3 nitrogen and oxygen atoms in total. The molecule has 2 N–H and O–H groups in total. The Balaban J connectivity index is 2.31. The van der Waals surface area contributed by atoms with Gasteiger partial charge < -0.3 is 10.5 Å². The molecule has 0 amide bonds. The number of likely N-dealkylation sites (tertiary alicyclic amines) is 1. The lowest BCUT2D eigenvalue weighted by Gasteiger charge is -2.22. The second-order valence-electron chi connectivity index (χ2n) is 5.14. The zero-order valence-electron chi connectivity index (χ0n) is 11.2. The van der Waals surface area contributed by atoms with Gasteiger partial charge in [0.2, 0.25) is 0 Å². The molecule has 0 radical (unpaired) electrons. The lowest BCUT2D eigenvalue weighted by Crippen LogP contribution is -2.21. The molecule has 0 spiro atoms. The number of nitrogens with two attached hydrogens (primary N) is 1. The summed E-state index contributed by atoms with van der Waals surface area (Å²) < 4.78 is 5.25. The summed E-state index contributed by atoms with van der Waals surface area (Å²) in [4.78, 5) is 2.36. The van der Waals surface area contributed by atoms with Gasteiger partial charge in [-0.25, -0.2) is 0 Å². The highest BCUT2D eigenvalue weighted by atomic mass is 35.5. The molecule has 4 heteroatoms. The summed E-state index contributed by atoms with van der Waals surface area (Å²) in [5.41, 5.74) is 8.30. The number of benzene rings is 1. The number of aryl methyl sites for hydroxylation is 1. The van der Waals surface area contributed by atoms with Gasteiger partial charge in [-0.1, -0.05) is 11.6 Å². The maximum Gasteiger partial charge on any atom is 0.137 e. The number of rotatable bonds is 3. The van der Waals surface area contributed by atoms with E-state index >= 15 is 0 Å². The zero-order valence-corrected chi connectivity index (χ0v) is 12.0. The maximum atomic E-state index is 6.23. The Labute approximate surface area is 114 Å². The number of hydrogen-bond donors (Lipinski definition) is 1. The van der Waals surface area contributed by atoms with Crippen LogP contribution in [-0.4, -0.2) is 32.1 Å². The molecule has 1 fully saturated rings. The zero-order chi connectivity index (χ0) is 13.3. The number of hydrogen-bond acceptors (Lipinski definition) is 3. The Bertz CT molecular complexity index is 436. The molecule has 0 aliphatic carbocycles. The summed E-state index contributed by atoms with van der Waals surface area (Å²) in [6.45, 7) is 3.92. The minimum atomic E-state index is 0.418. The number of halogens is 1. The van der Waals surface area contributed by atoms with Crippen LogP contribution in [0.3, 0.4) is 0 Å². The van der Waals surface area contributed by atoms with E-state index in [1.54, 1.807) is 7.11 Å². The Kier molecular flexibility index (Phi) is 4.15. The predicted molar refractivity (Wildman–Crippen MR) is 75.3 cm³/mol. The molecule has 1 saturated heterocycles. The Morgan fingerprint density at radius 1 is 1.50 bits per heavy atom. The van der Waals surface area contributed by atoms with Gasteiger partial charge in [0.15, 0.2) is 0 Å². The molecular formula is C14H21ClN2O. The van der Waals surface area contributed by atoms with Gasteiger partial charge in [-0.3, -0.25) is 4.90 Å². The predicted octanol–water partition coefficient (Wildman–Crippen LogP) is 2.61. The first-order valence-corrected chi connectivity index (χ1v) is 6.69. The van der Waals surface area contributed by atoms with E-state index in [0.717, 1.165) is 25.3 Å². The monoisotopic (exact) mass is 268 g/mol. The molecule has 1 heterocycles. The molecule has 1 aromatic carbocycles. The van der Waals surface area contributed by atoms with Crippen molar-refractivity contribution in [1.29, 1.82) is 0 Å². The highest BCUT2D eigenvalue weighted by Gasteiger charge is 2.30. The van der Waals surface area contributed by atoms with Crippen molar-refractivity contribution in [3.8, 4) is 5.75 Å². The molecule has 2 atom stereocenters. The Morgan fingerprint density at radius 3 is 2.78 bits per heavy atom. The van der Waals surface area contributed by atoms with Gasteiger partial charge >= 0.3 is 0 Å². The van der Waals surface area contributed by atoms with Gasteiger partial charge in [0.25, 0.3) is 0 Å². The van der Waals surface area contributed by atoms with Crippen LogP contribution in [0, 0.1) is 12.8 Å². The van der Waals surface area contributed by atoms with Crippen LogP contribution in [0.4, 0.5) is 0 Å². The van der Waals surface area contributed by atoms with Gasteiger partial charge in [-0.2, -0.15) is 0 Å². The normalized spacial score (nSPS) is 24.5. The molecule has 1 aromatic rings. The minimum Gasteiger partial charge on any atom is -0.495 e. The topological polar surface area (TPSA) is 38.5 Å². The molecule has 100 valence electrons. The molecule has 2 rings (SSSR count). The van der Waals surface area contributed by atoms with E-state index in [9.17, 15) is 0 Å². The van der Waals surface area contributed by atoms with E-state index < -0.39 is 0 Å². The van der Waals surface area contributed by atoms with Crippen molar-refractivity contribution >= 4 is 11.6 Å². The molecule has 0 bridgehead atoms. The molecule has 18 heavy (non-hydrogen) atoms. The molecule has 1 aliphatic heterocycles. The lowest BCUT2D eigenvalue weighted by atomic mass is 9.96. The van der Waals surface area contributed by atoms with Crippen molar-refractivity contribution in [2.75, 3.05) is 27.2 Å². The third kappa shape index (κ3) is 2.48. The largest absolute Gasteiger partial charge is 0.495 e. The second-order valence-corrected chi connectivity index (χ2v) is 5.54. The fourth-order valence-electron chi connectivity index (χ4n) is 2.83. The van der Waals surface area contributed by atoms with Crippen LogP contribution in [-0.2, 0) is 0 Å². The third-order valence-electron chi connectivity index (χ3n) is 3.87. The third-order valence-corrected chi connectivity index (χ3v) is 4.16. The Morgan fingerprint density at radius 2 is 2.22 bits per heavy atom. The number of ether oxygens (including phenoxy) is 1. The van der Waals surface area contributed by atoms with Crippen LogP contribution < -0.4 is 10.5 Å². The first-order chi connectivity index (χ1) is 8.56. The summed E-state index contributed by atoms with van der Waals surface area (Å²) in [7, 11) is 3.80. The van der Waals surface area contributed by atoms with E-state index in [0.29, 0.717) is 17.0 Å². The summed E-state index contributed by atoms with van der Waals surface area (Å²) in [6, 6.07) is 4.47. The van der Waals surface area contributed by atoms with Gasteiger partial charge in [0.05, 0.1) is 12.1 Å². The number of methoxy groups -OCH3 is 1. The average Bonchev–Trinajstić information content (AvgIpc) is 2.73. The van der Waals surface area contributed by atoms with E-state index in [1.807, 2.05) is 12.1 Å². The number of nitrogens with zero attached hydrogens (tertiary/aromatic N) is 1. The van der Waals surface area contributed by atoms with E-state index in [1.165, 1.54) is 11.1 Å². The van der Waals surface area contributed by atoms with Crippen molar-refractivity contribution in [3.63, 3.8) is 0 Å². The van der Waals surface area contributed by atoms with E-state index in [4.69, 9.17) is 22.1 Å². The minimum absolute atomic E-state index is 0.418. The van der Waals surface area contributed by atoms with Gasteiger partial charge in [-0.05, 0) is 56.1 Å². The molecule has 0 saturated carbocycles. The summed E-state index contributed by atoms with van der Waals surface area (Å²) >= 11 is 6.23. The van der Waals surface area contributed by atoms with E-state index in [2.05, 4.69) is 18.9 Å². The maximum absolute atomic E-state index is 6.23. The highest BCUT2D eigenvalue weighted by molar-refractivity contribution is 6.32. The summed E-state index contributed by atoms with van der Waals surface area (Å²) in [5.74, 6) is 1.33. The van der Waals surface area contributed by atoms with Crippen molar-refractivity contribution in [2.24, 2.45) is 11.7 Å². The summed E-state index contributed by atoms with van der Waals surface area (Å²) in [6.07, 6.45) is 1.11. The standard InChI is InChI=1S/C14H21ClN2O/c1-9-4-14(18-3)12(15)6-11(9)13-5-10(7-16)8-17(13)2/h4,6,10,13H,5,7-8,16H2,1-3H3. The van der Waals surface area contributed by atoms with Crippen LogP contribution in [0.1, 0.15) is 23.6 Å². The van der Waals surface area contributed by atoms with Crippen molar-refractivity contribution in [1.82, 2.24) is 4.90 Å². The van der Waals surface area contributed by atoms with Crippen LogP contribution in [0.25, 0.3) is 0 Å². The first kappa shape index (κ1) is 13.7. The van der Waals surface area contributed by atoms with Crippen LogP contribution in [0.15, 0.2) is 12.1 Å². The van der Waals surface area contributed by atoms with Crippen molar-refractivity contribution < 1.29 is 4.74 Å². The fourth-order valence-corrected chi connectivity index (χ4v) is 3.07. The first-order valence-electron chi connectivity index (χ1n) is 6.31. The lowest BCUT2D eigenvalue weighted by molar-refractivity contribution is 0.312. The van der Waals surface area contributed by atoms with Crippen LogP contribution in [0.5, 0.6) is 5.75 Å². The Hall–Kier alpha value is -0.770. The average molecular weight is 269 g/mol. The second kappa shape index (κ2) is 5.47. The van der Waals surface area contributed by atoms with Gasteiger partial charge in [0, 0.05) is 12.6 Å². The molecule has 1 aliphatic rings. The molecular weight excluding hydrogens is 248 g/mol. The molecule has 2 unspecified atom stereocenters. The quantitative estimate of drug-likeness (QED) is 0.916. The van der Waals surface area contributed by atoms with Gasteiger partial charge in [-0.15, -0.1) is 0 Å². The van der Waals surface area contributed by atoms with Crippen molar-refractivity contribution in [2.45, 2.75) is 19.4 Å². The van der Waals surface area contributed by atoms with Crippen LogP contribution in [0.2, 0.25) is 5.02 Å². The van der Waals surface area contributed by atoms with Crippen molar-refractivity contribution in [3.05, 3.63) is 28.3 Å². The van der Waals surface area contributed by atoms with Gasteiger partial charge in [0.1, 0.15) is 5.75 Å².